The number of sulfonamides is 1. The SMILES string of the molecule is O=C(NCC(c1cccs1)N1CCOCC1)c1ccc(S(=O)(=O)NC2CC2)cc1. The molecule has 0 spiro atoms. The zero-order valence-corrected chi connectivity index (χ0v) is 17.7. The van der Waals surface area contributed by atoms with Crippen LogP contribution in [0.3, 0.4) is 0 Å². The Kier molecular flexibility index (Phi) is 6.31. The Bertz CT molecular complexity index is 919. The summed E-state index contributed by atoms with van der Waals surface area (Å²) < 4.78 is 32.6. The highest BCUT2D eigenvalue weighted by atomic mass is 32.2. The third-order valence-electron chi connectivity index (χ3n) is 5.14. The molecule has 7 nitrogen and oxygen atoms in total. The van der Waals surface area contributed by atoms with Crippen molar-refractivity contribution in [2.24, 2.45) is 0 Å². The molecule has 2 fully saturated rings. The molecule has 2 aliphatic rings. The van der Waals surface area contributed by atoms with E-state index in [0.717, 1.165) is 25.9 Å². The van der Waals surface area contributed by atoms with E-state index in [2.05, 4.69) is 21.0 Å². The van der Waals surface area contributed by atoms with Crippen LogP contribution in [0.5, 0.6) is 0 Å². The summed E-state index contributed by atoms with van der Waals surface area (Å²) in [6.45, 7) is 3.54. The van der Waals surface area contributed by atoms with Gasteiger partial charge in [-0.3, -0.25) is 9.69 Å². The van der Waals surface area contributed by atoms with E-state index in [0.29, 0.717) is 25.3 Å². The number of nitrogens with zero attached hydrogens (tertiary/aromatic N) is 1. The van der Waals surface area contributed by atoms with E-state index in [1.807, 2.05) is 11.4 Å². The largest absolute Gasteiger partial charge is 0.379 e. The van der Waals surface area contributed by atoms with Crippen molar-refractivity contribution in [3.05, 3.63) is 52.2 Å². The zero-order valence-electron chi connectivity index (χ0n) is 16.0. The van der Waals surface area contributed by atoms with Crippen LogP contribution in [0.25, 0.3) is 0 Å². The fraction of sp³-hybridized carbons (Fsp3) is 0.450. The first-order chi connectivity index (χ1) is 14.0. The molecule has 4 rings (SSSR count). The molecule has 1 aliphatic carbocycles. The van der Waals surface area contributed by atoms with E-state index in [1.165, 1.54) is 17.0 Å². The molecule has 0 bridgehead atoms. The van der Waals surface area contributed by atoms with Gasteiger partial charge in [-0.1, -0.05) is 6.07 Å². The average Bonchev–Trinajstić information content (AvgIpc) is 3.37. The summed E-state index contributed by atoms with van der Waals surface area (Å²) in [5.74, 6) is -0.209. The summed E-state index contributed by atoms with van der Waals surface area (Å²) in [7, 11) is -3.51. The Morgan fingerprint density at radius 1 is 1.17 bits per heavy atom. The van der Waals surface area contributed by atoms with E-state index in [9.17, 15) is 13.2 Å². The van der Waals surface area contributed by atoms with Crippen molar-refractivity contribution >= 4 is 27.3 Å². The lowest BCUT2D eigenvalue weighted by atomic mass is 10.1. The topological polar surface area (TPSA) is 87.7 Å². The van der Waals surface area contributed by atoms with Gasteiger partial charge in [-0.15, -0.1) is 11.3 Å². The minimum absolute atomic E-state index is 0.0531. The van der Waals surface area contributed by atoms with Crippen LogP contribution < -0.4 is 10.0 Å². The molecule has 1 aromatic heterocycles. The number of hydrogen-bond acceptors (Lipinski definition) is 6. The third kappa shape index (κ3) is 5.23. The highest BCUT2D eigenvalue weighted by Crippen LogP contribution is 2.26. The maximum Gasteiger partial charge on any atom is 0.251 e. The van der Waals surface area contributed by atoms with Crippen molar-refractivity contribution in [1.29, 1.82) is 0 Å². The number of hydrogen-bond donors (Lipinski definition) is 2. The first-order valence-electron chi connectivity index (χ1n) is 9.79. The second-order valence-electron chi connectivity index (χ2n) is 7.31. The molecule has 1 saturated heterocycles. The second-order valence-corrected chi connectivity index (χ2v) is 10.0. The number of ether oxygens (including phenoxy) is 1. The van der Waals surface area contributed by atoms with Crippen molar-refractivity contribution in [1.82, 2.24) is 14.9 Å². The van der Waals surface area contributed by atoms with Crippen molar-refractivity contribution in [3.8, 4) is 0 Å². The van der Waals surface area contributed by atoms with Crippen LogP contribution in [0.15, 0.2) is 46.7 Å². The molecule has 156 valence electrons. The van der Waals surface area contributed by atoms with Gasteiger partial charge in [0.25, 0.3) is 5.91 Å². The van der Waals surface area contributed by atoms with E-state index in [-0.39, 0.29) is 22.9 Å². The normalized spacial score (nSPS) is 19.0. The smallest absolute Gasteiger partial charge is 0.251 e. The quantitative estimate of drug-likeness (QED) is 0.662. The van der Waals surface area contributed by atoms with Gasteiger partial charge in [-0.25, -0.2) is 13.1 Å². The minimum atomic E-state index is -3.51. The summed E-state index contributed by atoms with van der Waals surface area (Å²) in [5.41, 5.74) is 0.447. The predicted molar refractivity (Wildman–Crippen MR) is 112 cm³/mol. The van der Waals surface area contributed by atoms with E-state index in [1.54, 1.807) is 23.5 Å². The van der Waals surface area contributed by atoms with E-state index in [4.69, 9.17) is 4.74 Å². The number of carbonyl (C=O) groups is 1. The fourth-order valence-electron chi connectivity index (χ4n) is 3.35. The van der Waals surface area contributed by atoms with Gasteiger partial charge in [0.05, 0.1) is 24.2 Å². The van der Waals surface area contributed by atoms with Gasteiger partial charge in [-0.05, 0) is 48.6 Å². The van der Waals surface area contributed by atoms with Crippen LogP contribution >= 0.6 is 11.3 Å². The van der Waals surface area contributed by atoms with Gasteiger partial charge >= 0.3 is 0 Å². The van der Waals surface area contributed by atoms with E-state index < -0.39 is 10.0 Å². The Morgan fingerprint density at radius 3 is 2.52 bits per heavy atom. The monoisotopic (exact) mass is 435 g/mol. The average molecular weight is 436 g/mol. The molecule has 0 radical (unpaired) electrons. The number of nitrogens with one attached hydrogen (secondary N) is 2. The molecule has 1 saturated carbocycles. The minimum Gasteiger partial charge on any atom is -0.379 e. The standard InChI is InChI=1S/C20H25N3O4S2/c24-20(15-3-7-17(8-4-15)29(25,26)22-16-5-6-16)21-14-18(19-2-1-13-28-19)23-9-11-27-12-10-23/h1-4,7-8,13,16,18,22H,5-6,9-12,14H2,(H,21,24). The van der Waals surface area contributed by atoms with Crippen molar-refractivity contribution in [3.63, 3.8) is 0 Å². The van der Waals surface area contributed by atoms with Gasteiger partial charge in [0, 0.05) is 36.1 Å². The molecule has 2 aromatic rings. The maximum atomic E-state index is 12.6. The third-order valence-corrected chi connectivity index (χ3v) is 7.65. The first-order valence-corrected chi connectivity index (χ1v) is 12.1. The van der Waals surface area contributed by atoms with E-state index >= 15 is 0 Å². The Morgan fingerprint density at radius 2 is 1.90 bits per heavy atom. The molecule has 1 atom stereocenters. The summed E-state index contributed by atoms with van der Waals surface area (Å²) >= 11 is 1.68. The maximum absolute atomic E-state index is 12.6. The van der Waals surface area contributed by atoms with Gasteiger partial charge in [0.2, 0.25) is 10.0 Å². The lowest BCUT2D eigenvalue weighted by molar-refractivity contribution is 0.0169. The first kappa shape index (κ1) is 20.5. The van der Waals surface area contributed by atoms with Crippen LogP contribution in [0, 0.1) is 0 Å². The number of carbonyl (C=O) groups excluding carboxylic acids is 1. The van der Waals surface area contributed by atoms with Crippen LogP contribution in [0.1, 0.15) is 34.1 Å². The number of rotatable bonds is 8. The highest BCUT2D eigenvalue weighted by Gasteiger charge is 2.28. The van der Waals surface area contributed by atoms with Gasteiger partial charge in [0.15, 0.2) is 0 Å². The Labute approximate surface area is 175 Å². The highest BCUT2D eigenvalue weighted by molar-refractivity contribution is 7.89. The molecule has 2 N–H and O–H groups in total. The summed E-state index contributed by atoms with van der Waals surface area (Å²) in [6.07, 6.45) is 1.77. The molecular weight excluding hydrogens is 410 g/mol. The van der Waals surface area contributed by atoms with Crippen molar-refractivity contribution in [2.45, 2.75) is 29.8 Å². The number of benzene rings is 1. The molecule has 1 aliphatic heterocycles. The number of morpholine rings is 1. The van der Waals surface area contributed by atoms with Crippen LogP contribution in [-0.4, -0.2) is 58.1 Å². The summed E-state index contributed by atoms with van der Waals surface area (Å²) in [4.78, 5) is 16.4. The van der Waals surface area contributed by atoms with Crippen molar-refractivity contribution in [2.75, 3.05) is 32.8 Å². The zero-order chi connectivity index (χ0) is 20.3. The summed E-state index contributed by atoms with van der Waals surface area (Å²) in [6, 6.07) is 10.4. The lowest BCUT2D eigenvalue weighted by Gasteiger charge is -2.34. The molecule has 29 heavy (non-hydrogen) atoms. The number of amides is 1. The van der Waals surface area contributed by atoms with Crippen molar-refractivity contribution < 1.29 is 17.9 Å². The van der Waals surface area contributed by atoms with Crippen LogP contribution in [-0.2, 0) is 14.8 Å². The van der Waals surface area contributed by atoms with Gasteiger partial charge in [0.1, 0.15) is 0 Å². The Balaban J connectivity index is 1.40. The van der Waals surface area contributed by atoms with Crippen LogP contribution in [0.4, 0.5) is 0 Å². The summed E-state index contributed by atoms with van der Waals surface area (Å²) in [5, 5.41) is 5.05. The molecular formula is C20H25N3O4S2. The molecule has 1 amide bonds. The number of thiophene rings is 1. The Hall–Kier alpha value is -1.78. The predicted octanol–water partition coefficient (Wildman–Crippen LogP) is 1.99. The fourth-order valence-corrected chi connectivity index (χ4v) is 5.51. The van der Waals surface area contributed by atoms with Gasteiger partial charge in [-0.2, -0.15) is 0 Å². The molecule has 1 aromatic carbocycles. The van der Waals surface area contributed by atoms with Gasteiger partial charge < -0.3 is 10.1 Å². The molecule has 2 heterocycles. The second kappa shape index (κ2) is 8.93. The molecule has 1 unspecified atom stereocenters. The molecule has 9 heteroatoms. The lowest BCUT2D eigenvalue weighted by Crippen LogP contribution is -2.43. The van der Waals surface area contributed by atoms with Crippen LogP contribution in [0.2, 0.25) is 0 Å².